The zero-order chi connectivity index (χ0) is 20.6. The third-order valence-corrected chi connectivity index (χ3v) is 6.68. The van der Waals surface area contributed by atoms with Gasteiger partial charge in [-0.2, -0.15) is 10.2 Å². The first kappa shape index (κ1) is 19.2. The average molecular weight is 410 g/mol. The molecule has 2 aromatic carbocycles. The predicted octanol–water partition coefficient (Wildman–Crippen LogP) is 3.95. The number of aromatic nitrogens is 4. The maximum Gasteiger partial charge on any atom is 0.181 e. The number of halogens is 1. The van der Waals surface area contributed by atoms with Crippen molar-refractivity contribution in [3.05, 3.63) is 66.2 Å². The largest absolute Gasteiger partial charge is 0.224 e. The van der Waals surface area contributed by atoms with Crippen LogP contribution in [0.3, 0.4) is 0 Å². The van der Waals surface area contributed by atoms with E-state index in [2.05, 4.69) is 15.3 Å². The summed E-state index contributed by atoms with van der Waals surface area (Å²) in [6, 6.07) is 11.0. The fourth-order valence-electron chi connectivity index (χ4n) is 3.21. The van der Waals surface area contributed by atoms with E-state index in [1.165, 1.54) is 18.2 Å². The zero-order valence-electron chi connectivity index (χ0n) is 16.0. The number of hydrogen-bond donors (Lipinski definition) is 0. The van der Waals surface area contributed by atoms with Crippen molar-refractivity contribution in [1.82, 2.24) is 19.8 Å². The molecule has 2 aromatic heterocycles. The van der Waals surface area contributed by atoms with Crippen LogP contribution in [-0.4, -0.2) is 34.0 Å². The molecule has 0 amide bonds. The summed E-state index contributed by atoms with van der Waals surface area (Å²) in [5.41, 5.74) is 4.04. The first-order chi connectivity index (χ1) is 13.9. The Morgan fingerprint density at radius 1 is 1.00 bits per heavy atom. The summed E-state index contributed by atoms with van der Waals surface area (Å²) >= 11 is 0. The van der Waals surface area contributed by atoms with Crippen LogP contribution in [0.1, 0.15) is 19.4 Å². The first-order valence-electron chi connectivity index (χ1n) is 9.26. The summed E-state index contributed by atoms with van der Waals surface area (Å²) in [4.78, 5) is 0.226. The SMILES string of the molecule is CCc1cnn2c(-c3ccc(F)c(-c4ccc(S(=O)(=O)CC)cc4)c3)cnnc12. The van der Waals surface area contributed by atoms with E-state index in [-0.39, 0.29) is 10.6 Å². The van der Waals surface area contributed by atoms with Gasteiger partial charge in [0, 0.05) is 16.7 Å². The average Bonchev–Trinajstić information content (AvgIpc) is 3.17. The van der Waals surface area contributed by atoms with Gasteiger partial charge in [-0.3, -0.25) is 0 Å². The molecular formula is C21H19FN4O2S. The van der Waals surface area contributed by atoms with Crippen LogP contribution in [0.5, 0.6) is 0 Å². The molecule has 0 aliphatic heterocycles. The minimum absolute atomic E-state index is 0.0187. The molecule has 0 spiro atoms. The number of nitrogens with zero attached hydrogens (tertiary/aromatic N) is 4. The van der Waals surface area contributed by atoms with Gasteiger partial charge in [-0.05, 0) is 42.3 Å². The van der Waals surface area contributed by atoms with Gasteiger partial charge in [0.15, 0.2) is 15.5 Å². The summed E-state index contributed by atoms with van der Waals surface area (Å²) < 4.78 is 40.3. The summed E-state index contributed by atoms with van der Waals surface area (Å²) in [6.07, 6.45) is 4.13. The maximum atomic E-state index is 14.6. The van der Waals surface area contributed by atoms with Crippen LogP contribution in [0.15, 0.2) is 59.8 Å². The Hall–Kier alpha value is -3.13. The molecule has 0 aliphatic carbocycles. The smallest absolute Gasteiger partial charge is 0.181 e. The van der Waals surface area contributed by atoms with Gasteiger partial charge < -0.3 is 0 Å². The highest BCUT2D eigenvalue weighted by Gasteiger charge is 2.15. The summed E-state index contributed by atoms with van der Waals surface area (Å²) in [5, 5.41) is 12.6. The van der Waals surface area contributed by atoms with Crippen LogP contribution < -0.4 is 0 Å². The normalized spacial score (nSPS) is 11.8. The lowest BCUT2D eigenvalue weighted by atomic mass is 10.0. The molecule has 148 valence electrons. The van der Waals surface area contributed by atoms with E-state index in [1.807, 2.05) is 6.92 Å². The number of aryl methyl sites for hydroxylation is 1. The predicted molar refractivity (Wildman–Crippen MR) is 109 cm³/mol. The Bertz CT molecular complexity index is 1300. The third kappa shape index (κ3) is 3.40. The summed E-state index contributed by atoms with van der Waals surface area (Å²) in [6.45, 7) is 3.61. The molecule has 0 fully saturated rings. The van der Waals surface area contributed by atoms with Crippen LogP contribution in [0.25, 0.3) is 28.0 Å². The molecule has 0 aliphatic rings. The van der Waals surface area contributed by atoms with E-state index < -0.39 is 15.7 Å². The lowest BCUT2D eigenvalue weighted by molar-refractivity contribution is 0.597. The van der Waals surface area contributed by atoms with Crippen LogP contribution in [-0.2, 0) is 16.3 Å². The number of rotatable bonds is 5. The molecule has 0 N–H and O–H groups in total. The minimum atomic E-state index is -3.30. The highest BCUT2D eigenvalue weighted by molar-refractivity contribution is 7.91. The van der Waals surface area contributed by atoms with Crippen LogP contribution >= 0.6 is 0 Å². The Morgan fingerprint density at radius 3 is 2.41 bits per heavy atom. The van der Waals surface area contributed by atoms with Gasteiger partial charge in [0.05, 0.1) is 28.7 Å². The Balaban J connectivity index is 1.81. The van der Waals surface area contributed by atoms with Gasteiger partial charge in [0.2, 0.25) is 0 Å². The van der Waals surface area contributed by atoms with Crippen molar-refractivity contribution in [1.29, 1.82) is 0 Å². The monoisotopic (exact) mass is 410 g/mol. The fraction of sp³-hybridized carbons (Fsp3) is 0.190. The summed E-state index contributed by atoms with van der Waals surface area (Å²) in [7, 11) is -3.30. The standard InChI is InChI=1S/C21H19FN4O2S/c1-3-14-12-24-26-20(13-23-25-21(14)26)16-7-10-19(22)18(11-16)15-5-8-17(9-6-15)29(27,28)4-2/h5-13H,3-4H2,1-2H3. The molecule has 2 heterocycles. The molecule has 6 nitrogen and oxygen atoms in total. The second-order valence-corrected chi connectivity index (χ2v) is 8.89. The Kier molecular flexibility index (Phi) is 4.87. The molecule has 0 atom stereocenters. The van der Waals surface area contributed by atoms with E-state index in [0.29, 0.717) is 22.5 Å². The van der Waals surface area contributed by atoms with Crippen molar-refractivity contribution < 1.29 is 12.8 Å². The van der Waals surface area contributed by atoms with E-state index in [1.54, 1.807) is 48.1 Å². The fourth-order valence-corrected chi connectivity index (χ4v) is 4.10. The second kappa shape index (κ2) is 7.36. The molecule has 0 saturated heterocycles. The molecule has 29 heavy (non-hydrogen) atoms. The second-order valence-electron chi connectivity index (χ2n) is 6.61. The molecule has 0 saturated carbocycles. The van der Waals surface area contributed by atoms with Crippen molar-refractivity contribution in [2.24, 2.45) is 0 Å². The highest BCUT2D eigenvalue weighted by atomic mass is 32.2. The van der Waals surface area contributed by atoms with Gasteiger partial charge in [0.1, 0.15) is 5.82 Å². The van der Waals surface area contributed by atoms with E-state index in [4.69, 9.17) is 0 Å². The number of hydrogen-bond acceptors (Lipinski definition) is 5. The first-order valence-corrected chi connectivity index (χ1v) is 10.9. The number of fused-ring (bicyclic) bond motifs is 1. The van der Waals surface area contributed by atoms with E-state index >= 15 is 0 Å². The van der Waals surface area contributed by atoms with Crippen molar-refractivity contribution in [2.45, 2.75) is 25.2 Å². The van der Waals surface area contributed by atoms with Crippen LogP contribution in [0.4, 0.5) is 4.39 Å². The van der Waals surface area contributed by atoms with Gasteiger partial charge in [-0.15, -0.1) is 5.10 Å². The zero-order valence-corrected chi connectivity index (χ0v) is 16.8. The molecule has 0 unspecified atom stereocenters. The van der Waals surface area contributed by atoms with Crippen molar-refractivity contribution in [3.63, 3.8) is 0 Å². The molecule has 0 bridgehead atoms. The van der Waals surface area contributed by atoms with Gasteiger partial charge >= 0.3 is 0 Å². The van der Waals surface area contributed by atoms with Crippen LogP contribution in [0, 0.1) is 5.82 Å². The maximum absolute atomic E-state index is 14.6. The van der Waals surface area contributed by atoms with E-state index in [9.17, 15) is 12.8 Å². The molecule has 0 radical (unpaired) electrons. The lowest BCUT2D eigenvalue weighted by Crippen LogP contribution is -2.03. The van der Waals surface area contributed by atoms with Gasteiger partial charge in [-0.1, -0.05) is 26.0 Å². The minimum Gasteiger partial charge on any atom is -0.224 e. The summed E-state index contributed by atoms with van der Waals surface area (Å²) in [5.74, 6) is -0.377. The van der Waals surface area contributed by atoms with Gasteiger partial charge in [0.25, 0.3) is 0 Å². The van der Waals surface area contributed by atoms with Crippen LogP contribution in [0.2, 0.25) is 0 Å². The Labute approximate surface area is 168 Å². The quantitative estimate of drug-likeness (QED) is 0.498. The number of benzene rings is 2. The third-order valence-electron chi connectivity index (χ3n) is 4.93. The topological polar surface area (TPSA) is 77.2 Å². The van der Waals surface area contributed by atoms with E-state index in [0.717, 1.165) is 17.5 Å². The van der Waals surface area contributed by atoms with Crippen molar-refractivity contribution >= 4 is 15.5 Å². The lowest BCUT2D eigenvalue weighted by Gasteiger charge is -2.09. The molecular weight excluding hydrogens is 391 g/mol. The molecule has 8 heteroatoms. The highest BCUT2D eigenvalue weighted by Crippen LogP contribution is 2.30. The van der Waals surface area contributed by atoms with Gasteiger partial charge in [-0.25, -0.2) is 17.3 Å². The molecule has 4 rings (SSSR count). The van der Waals surface area contributed by atoms with Crippen molar-refractivity contribution in [2.75, 3.05) is 5.75 Å². The number of sulfone groups is 1. The van der Waals surface area contributed by atoms with Crippen molar-refractivity contribution in [3.8, 4) is 22.4 Å². The Morgan fingerprint density at radius 2 is 1.72 bits per heavy atom. The molecule has 4 aromatic rings.